The largest absolute Gasteiger partial charge is 0.508 e. The fourth-order valence-corrected chi connectivity index (χ4v) is 4.93. The number of aromatic hydroxyl groups is 2. The third-order valence-corrected chi connectivity index (χ3v) is 7.08. The lowest BCUT2D eigenvalue weighted by atomic mass is 9.86. The predicted octanol–water partition coefficient (Wildman–Crippen LogP) is 6.13. The van der Waals surface area contributed by atoms with Gasteiger partial charge >= 0.3 is 0 Å². The van der Waals surface area contributed by atoms with Gasteiger partial charge in [-0.15, -0.1) is 0 Å². The topological polar surface area (TPSA) is 65.0 Å². The molecule has 5 rings (SSSR count). The molecule has 1 saturated heterocycles. The van der Waals surface area contributed by atoms with Crippen LogP contribution in [0.4, 0.5) is 10.1 Å². The Morgan fingerprint density at radius 1 is 1.06 bits per heavy atom. The highest BCUT2D eigenvalue weighted by Gasteiger charge is 2.30. The van der Waals surface area contributed by atoms with Crippen LogP contribution in [0.1, 0.15) is 29.7 Å². The average Bonchev–Trinajstić information content (AvgIpc) is 2.83. The number of likely N-dealkylation sites (tertiary alicyclic amines) is 1. The second-order valence-corrected chi connectivity index (χ2v) is 9.62. The van der Waals surface area contributed by atoms with E-state index in [1.807, 2.05) is 37.3 Å². The normalized spacial score (nSPS) is 18.1. The summed E-state index contributed by atoms with van der Waals surface area (Å²) in [6.07, 6.45) is -0.402. The number of allylic oxidation sites excluding steroid dienone is 1. The molecule has 0 aromatic heterocycles. The van der Waals surface area contributed by atoms with Gasteiger partial charge in [-0.3, -0.25) is 4.39 Å². The van der Waals surface area contributed by atoms with Gasteiger partial charge in [0.15, 0.2) is 0 Å². The molecule has 0 radical (unpaired) electrons. The number of benzene rings is 3. The second kappa shape index (κ2) is 9.80. The summed E-state index contributed by atoms with van der Waals surface area (Å²) in [5.41, 5.74) is 5.43. The van der Waals surface area contributed by atoms with E-state index in [-0.39, 0.29) is 29.1 Å². The number of hydrogen-bond acceptors (Lipinski definition) is 5. The number of halogens is 2. The maximum absolute atomic E-state index is 12.6. The zero-order chi connectivity index (χ0) is 24.5. The van der Waals surface area contributed by atoms with Crippen LogP contribution in [0.3, 0.4) is 0 Å². The lowest BCUT2D eigenvalue weighted by Gasteiger charge is -2.37. The van der Waals surface area contributed by atoms with Crippen LogP contribution in [0.5, 0.6) is 17.2 Å². The second-order valence-electron chi connectivity index (χ2n) is 9.21. The van der Waals surface area contributed by atoms with Gasteiger partial charge in [0.05, 0.1) is 11.7 Å². The molecule has 0 saturated carbocycles. The highest BCUT2D eigenvalue weighted by molar-refractivity contribution is 6.32. The summed E-state index contributed by atoms with van der Waals surface area (Å²) in [7, 11) is 0. The van der Waals surface area contributed by atoms with Crippen LogP contribution in [0.2, 0.25) is 5.02 Å². The van der Waals surface area contributed by atoms with E-state index in [1.165, 1.54) is 0 Å². The van der Waals surface area contributed by atoms with E-state index in [0.29, 0.717) is 5.75 Å². The molecule has 1 fully saturated rings. The van der Waals surface area contributed by atoms with Gasteiger partial charge in [0.25, 0.3) is 0 Å². The van der Waals surface area contributed by atoms with Gasteiger partial charge in [0.1, 0.15) is 23.4 Å². The first kappa shape index (κ1) is 23.5. The minimum absolute atomic E-state index is 0.00417. The Morgan fingerprint density at radius 2 is 1.83 bits per heavy atom. The lowest BCUT2D eigenvalue weighted by Crippen LogP contribution is -2.49. The fraction of sp³-hybridized carbons (Fsp3) is 0.286. The third-order valence-electron chi connectivity index (χ3n) is 6.76. The van der Waals surface area contributed by atoms with Gasteiger partial charge in [-0.05, 0) is 66.1 Å². The molecule has 0 unspecified atom stereocenters. The first-order chi connectivity index (χ1) is 16.9. The number of fused-ring (bicyclic) bond motifs is 1. The minimum Gasteiger partial charge on any atom is -0.508 e. The first-order valence-electron chi connectivity index (χ1n) is 11.7. The first-order valence-corrected chi connectivity index (χ1v) is 12.1. The molecule has 3 N–H and O–H groups in total. The molecule has 7 heteroatoms. The molecule has 5 nitrogen and oxygen atoms in total. The van der Waals surface area contributed by atoms with Crippen molar-refractivity contribution in [3.8, 4) is 17.2 Å². The molecule has 182 valence electrons. The number of rotatable bonds is 7. The number of phenolic OH excluding ortho intramolecular Hbond substituents is 2. The number of hydrogen-bond donors (Lipinski definition) is 3. The van der Waals surface area contributed by atoms with Crippen LogP contribution in [0.15, 0.2) is 60.7 Å². The summed E-state index contributed by atoms with van der Waals surface area (Å²) in [6, 6.07) is 18.4. The van der Waals surface area contributed by atoms with Crippen LogP contribution in [0.25, 0.3) is 11.1 Å². The lowest BCUT2D eigenvalue weighted by molar-refractivity contribution is 0.0856. The number of alkyl halides is 1. The van der Waals surface area contributed by atoms with Crippen molar-refractivity contribution >= 4 is 28.4 Å². The van der Waals surface area contributed by atoms with Crippen LogP contribution in [0, 0.1) is 5.92 Å². The van der Waals surface area contributed by atoms with Crippen LogP contribution in [-0.4, -0.2) is 48.0 Å². The van der Waals surface area contributed by atoms with E-state index in [9.17, 15) is 14.6 Å². The van der Waals surface area contributed by atoms with E-state index < -0.39 is 6.10 Å². The molecule has 2 heterocycles. The van der Waals surface area contributed by atoms with Crippen molar-refractivity contribution in [1.29, 1.82) is 0 Å². The van der Waals surface area contributed by atoms with E-state index in [1.54, 1.807) is 30.3 Å². The van der Waals surface area contributed by atoms with E-state index >= 15 is 0 Å². The Bertz CT molecular complexity index is 1260. The maximum Gasteiger partial charge on any atom is 0.150 e. The Kier molecular flexibility index (Phi) is 6.58. The molecular formula is C28H28ClFN2O3. The zero-order valence-corrected chi connectivity index (χ0v) is 20.2. The van der Waals surface area contributed by atoms with E-state index in [4.69, 9.17) is 16.3 Å². The van der Waals surface area contributed by atoms with Crippen molar-refractivity contribution in [2.24, 2.45) is 5.92 Å². The van der Waals surface area contributed by atoms with Crippen molar-refractivity contribution in [2.45, 2.75) is 13.0 Å². The number of nitrogens with zero attached hydrogens (tertiary/aromatic N) is 1. The SMILES string of the molecule is CC1=C(c2ccc(Cl)c(O)c2)[C@H](c2ccc(NCCN3CC(CF)C3)cc2)Oc2ccc(O)cc21. The summed E-state index contributed by atoms with van der Waals surface area (Å²) >= 11 is 6.06. The average molecular weight is 495 g/mol. The third kappa shape index (κ3) is 4.81. The highest BCUT2D eigenvalue weighted by Crippen LogP contribution is 2.48. The van der Waals surface area contributed by atoms with Crippen molar-refractivity contribution < 1.29 is 19.3 Å². The molecule has 0 amide bonds. The quantitative estimate of drug-likeness (QED) is 0.369. The Hall–Kier alpha value is -3.22. The number of ether oxygens (including phenoxy) is 1. The van der Waals surface area contributed by atoms with Crippen molar-refractivity contribution in [3.63, 3.8) is 0 Å². The van der Waals surface area contributed by atoms with E-state index in [2.05, 4.69) is 10.2 Å². The van der Waals surface area contributed by atoms with Gasteiger partial charge in [-0.25, -0.2) is 0 Å². The summed E-state index contributed by atoms with van der Waals surface area (Å²) < 4.78 is 19.0. The number of anilines is 1. The van der Waals surface area contributed by atoms with Gasteiger partial charge in [-0.2, -0.15) is 0 Å². The molecule has 1 atom stereocenters. The molecule has 0 spiro atoms. The summed E-state index contributed by atoms with van der Waals surface area (Å²) in [5, 5.41) is 24.0. The Morgan fingerprint density at radius 3 is 2.54 bits per heavy atom. The van der Waals surface area contributed by atoms with Crippen molar-refractivity contribution in [2.75, 3.05) is 38.2 Å². The summed E-state index contributed by atoms with van der Waals surface area (Å²) in [5.74, 6) is 1.06. The number of phenols is 2. The van der Waals surface area contributed by atoms with Gasteiger partial charge in [0, 0.05) is 48.9 Å². The fourth-order valence-electron chi connectivity index (χ4n) is 4.82. The molecule has 3 aromatic rings. The molecule has 2 aliphatic rings. The number of nitrogens with one attached hydrogen (secondary N) is 1. The van der Waals surface area contributed by atoms with Crippen LogP contribution >= 0.6 is 11.6 Å². The minimum atomic E-state index is -0.402. The zero-order valence-electron chi connectivity index (χ0n) is 19.5. The molecule has 2 aliphatic heterocycles. The highest BCUT2D eigenvalue weighted by atomic mass is 35.5. The molecule has 0 aliphatic carbocycles. The summed E-state index contributed by atoms with van der Waals surface area (Å²) in [6.45, 7) is 5.12. The molecule has 0 bridgehead atoms. The Labute approximate surface area is 209 Å². The van der Waals surface area contributed by atoms with Gasteiger partial charge in [0.2, 0.25) is 0 Å². The molecule has 3 aromatic carbocycles. The van der Waals surface area contributed by atoms with Crippen LogP contribution < -0.4 is 10.1 Å². The standard InChI is InChI=1S/C28H28ClFN2O3/c1-17-23-13-22(33)7-9-26(23)35-28(27(17)20-4-8-24(29)25(34)12-20)19-2-5-21(6-3-19)31-10-11-32-15-18(14-30)16-32/h2-9,12-13,18,28,31,33-34H,10-11,14-16H2,1H3/t28-/m0/s1. The smallest absolute Gasteiger partial charge is 0.150 e. The van der Waals surface area contributed by atoms with Gasteiger partial charge < -0.3 is 25.2 Å². The van der Waals surface area contributed by atoms with Crippen LogP contribution in [-0.2, 0) is 0 Å². The molecular weight excluding hydrogens is 467 g/mol. The van der Waals surface area contributed by atoms with Crippen molar-refractivity contribution in [1.82, 2.24) is 4.90 Å². The van der Waals surface area contributed by atoms with Gasteiger partial charge in [-0.1, -0.05) is 29.8 Å². The monoisotopic (exact) mass is 494 g/mol. The Balaban J connectivity index is 1.40. The van der Waals surface area contributed by atoms with Crippen molar-refractivity contribution in [3.05, 3.63) is 82.4 Å². The maximum atomic E-state index is 12.6. The predicted molar refractivity (Wildman–Crippen MR) is 138 cm³/mol. The summed E-state index contributed by atoms with van der Waals surface area (Å²) in [4.78, 5) is 2.25. The van der Waals surface area contributed by atoms with E-state index in [0.717, 1.165) is 59.7 Å². The molecule has 35 heavy (non-hydrogen) atoms.